The van der Waals surface area contributed by atoms with Crippen molar-refractivity contribution in [3.05, 3.63) is 45.1 Å². The van der Waals surface area contributed by atoms with Gasteiger partial charge in [0, 0.05) is 29.2 Å². The SMILES string of the molecule is CC1(C)C=Cc2c(cc(O)c3c(=O)c4c(oc23)-c2c(O)cc(O)c3c2C(C4)C(C)(CO)O3)O1. The van der Waals surface area contributed by atoms with E-state index in [0.717, 1.165) is 6.07 Å². The van der Waals surface area contributed by atoms with Gasteiger partial charge in [-0.2, -0.15) is 0 Å². The molecule has 0 amide bonds. The first kappa shape index (κ1) is 20.0. The van der Waals surface area contributed by atoms with Crippen molar-refractivity contribution in [1.29, 1.82) is 0 Å². The first-order valence-electron chi connectivity index (χ1n) is 10.7. The minimum Gasteiger partial charge on any atom is -0.507 e. The van der Waals surface area contributed by atoms with Crippen LogP contribution in [0.2, 0.25) is 0 Å². The highest BCUT2D eigenvalue weighted by molar-refractivity contribution is 5.96. The second-order valence-corrected chi connectivity index (χ2v) is 9.65. The number of ether oxygens (including phenoxy) is 2. The molecule has 33 heavy (non-hydrogen) atoms. The molecule has 1 aromatic heterocycles. The van der Waals surface area contributed by atoms with Gasteiger partial charge >= 0.3 is 0 Å². The molecule has 0 radical (unpaired) electrons. The van der Waals surface area contributed by atoms with E-state index in [9.17, 15) is 25.2 Å². The first-order chi connectivity index (χ1) is 15.5. The number of rotatable bonds is 1. The van der Waals surface area contributed by atoms with Crippen molar-refractivity contribution >= 4 is 17.0 Å². The Balaban J connectivity index is 1.72. The average molecular weight is 450 g/mol. The van der Waals surface area contributed by atoms with Crippen LogP contribution in [0.4, 0.5) is 0 Å². The van der Waals surface area contributed by atoms with Gasteiger partial charge in [0.2, 0.25) is 0 Å². The maximum Gasteiger partial charge on any atom is 0.200 e. The van der Waals surface area contributed by atoms with Gasteiger partial charge in [-0.05, 0) is 39.3 Å². The van der Waals surface area contributed by atoms with E-state index in [1.807, 2.05) is 19.9 Å². The van der Waals surface area contributed by atoms with Crippen LogP contribution in [0.5, 0.6) is 28.7 Å². The third-order valence-corrected chi connectivity index (χ3v) is 6.91. The zero-order valence-corrected chi connectivity index (χ0v) is 18.2. The zero-order valence-electron chi connectivity index (χ0n) is 18.2. The standard InChI is InChI=1S/C25H22O8/c1-24(2)5-4-10-16(32-24)8-14(28)19-20(30)11-6-12-17-18(22(11)31-21(10)19)13(27)7-15(29)23(17)33-25(12,3)9-26/h4-5,7-8,12,26-29H,6,9H2,1-3H3. The van der Waals surface area contributed by atoms with Crippen LogP contribution in [0.3, 0.4) is 0 Å². The number of hydrogen-bond acceptors (Lipinski definition) is 8. The molecule has 0 fully saturated rings. The topological polar surface area (TPSA) is 130 Å². The fourth-order valence-electron chi connectivity index (χ4n) is 5.22. The first-order valence-corrected chi connectivity index (χ1v) is 10.7. The van der Waals surface area contributed by atoms with Gasteiger partial charge < -0.3 is 34.3 Å². The molecule has 0 saturated heterocycles. The van der Waals surface area contributed by atoms with Crippen molar-refractivity contribution in [3.8, 4) is 40.1 Å². The molecular weight excluding hydrogens is 428 g/mol. The number of phenolic OH excluding ortho intramolecular Hbond substituents is 3. The van der Waals surface area contributed by atoms with E-state index in [1.165, 1.54) is 6.07 Å². The Morgan fingerprint density at radius 2 is 1.82 bits per heavy atom. The van der Waals surface area contributed by atoms with Gasteiger partial charge in [0.25, 0.3) is 0 Å². The Bertz CT molecular complexity index is 1480. The smallest absolute Gasteiger partial charge is 0.200 e. The van der Waals surface area contributed by atoms with Gasteiger partial charge in [0.1, 0.15) is 39.6 Å². The minimum absolute atomic E-state index is 0.0204. The van der Waals surface area contributed by atoms with Crippen LogP contribution in [0, 0.1) is 0 Å². The number of aliphatic hydroxyl groups is 1. The van der Waals surface area contributed by atoms with Crippen molar-refractivity contribution in [2.45, 2.75) is 44.3 Å². The highest BCUT2D eigenvalue weighted by atomic mass is 16.5. The van der Waals surface area contributed by atoms with Crippen LogP contribution >= 0.6 is 0 Å². The second kappa shape index (κ2) is 6.02. The van der Waals surface area contributed by atoms with Crippen LogP contribution in [0.15, 0.2) is 27.4 Å². The van der Waals surface area contributed by atoms with Gasteiger partial charge in [-0.15, -0.1) is 0 Å². The third kappa shape index (κ3) is 2.47. The molecule has 0 spiro atoms. The number of fused-ring (bicyclic) bond motifs is 5. The lowest BCUT2D eigenvalue weighted by Gasteiger charge is -2.32. The molecule has 2 aliphatic heterocycles. The van der Waals surface area contributed by atoms with Crippen LogP contribution in [0.1, 0.15) is 43.4 Å². The maximum atomic E-state index is 13.7. The van der Waals surface area contributed by atoms with Crippen molar-refractivity contribution in [2.24, 2.45) is 0 Å². The number of aromatic hydroxyl groups is 3. The predicted octanol–water partition coefficient (Wildman–Crippen LogP) is 3.54. The molecule has 3 aliphatic rings. The molecule has 3 aromatic rings. The van der Waals surface area contributed by atoms with Crippen LogP contribution in [-0.4, -0.2) is 38.2 Å². The summed E-state index contributed by atoms with van der Waals surface area (Å²) < 4.78 is 18.1. The fourth-order valence-corrected chi connectivity index (χ4v) is 5.22. The Kier molecular flexibility index (Phi) is 3.65. The van der Waals surface area contributed by atoms with Crippen molar-refractivity contribution in [1.82, 2.24) is 0 Å². The van der Waals surface area contributed by atoms with Gasteiger partial charge in [-0.25, -0.2) is 0 Å². The lowest BCUT2D eigenvalue weighted by molar-refractivity contribution is 0.0220. The summed E-state index contributed by atoms with van der Waals surface area (Å²) in [6.07, 6.45) is 3.76. The Morgan fingerprint density at radius 1 is 1.06 bits per heavy atom. The second-order valence-electron chi connectivity index (χ2n) is 9.65. The summed E-state index contributed by atoms with van der Waals surface area (Å²) in [7, 11) is 0. The Hall–Kier alpha value is -3.65. The minimum atomic E-state index is -1.11. The van der Waals surface area contributed by atoms with Crippen molar-refractivity contribution < 1.29 is 34.3 Å². The third-order valence-electron chi connectivity index (χ3n) is 6.91. The van der Waals surface area contributed by atoms with Crippen molar-refractivity contribution in [3.63, 3.8) is 0 Å². The summed E-state index contributed by atoms with van der Waals surface area (Å²) in [6.45, 7) is 5.06. The normalized spacial score (nSPS) is 23.5. The molecule has 2 unspecified atom stereocenters. The highest BCUT2D eigenvalue weighted by Gasteiger charge is 2.51. The van der Waals surface area contributed by atoms with E-state index >= 15 is 0 Å². The lowest BCUT2D eigenvalue weighted by atomic mass is 9.74. The van der Waals surface area contributed by atoms with Gasteiger partial charge in [-0.1, -0.05) is 0 Å². The highest BCUT2D eigenvalue weighted by Crippen LogP contribution is 2.59. The molecule has 2 atom stereocenters. The molecule has 8 heteroatoms. The Labute approximate surface area is 187 Å². The largest absolute Gasteiger partial charge is 0.507 e. The summed E-state index contributed by atoms with van der Waals surface area (Å²) in [4.78, 5) is 13.7. The van der Waals surface area contributed by atoms with Gasteiger partial charge in [-0.3, -0.25) is 4.79 Å². The molecule has 4 N–H and O–H groups in total. The summed E-state index contributed by atoms with van der Waals surface area (Å²) >= 11 is 0. The quantitative estimate of drug-likeness (QED) is 0.443. The van der Waals surface area contributed by atoms with E-state index in [1.54, 1.807) is 13.0 Å². The predicted molar refractivity (Wildman–Crippen MR) is 119 cm³/mol. The molecular formula is C25H22O8. The molecule has 8 nitrogen and oxygen atoms in total. The maximum absolute atomic E-state index is 13.7. The van der Waals surface area contributed by atoms with E-state index in [-0.39, 0.29) is 63.9 Å². The van der Waals surface area contributed by atoms with Crippen LogP contribution in [-0.2, 0) is 6.42 Å². The zero-order chi connectivity index (χ0) is 23.4. The van der Waals surface area contributed by atoms with Crippen LogP contribution in [0.25, 0.3) is 28.4 Å². The fraction of sp³-hybridized carbons (Fsp3) is 0.320. The van der Waals surface area contributed by atoms with E-state index < -0.39 is 22.5 Å². The average Bonchev–Trinajstić information content (AvgIpc) is 3.04. The summed E-state index contributed by atoms with van der Waals surface area (Å²) in [5.74, 6) is -0.626. The van der Waals surface area contributed by atoms with E-state index in [2.05, 4.69) is 0 Å². The molecule has 1 aliphatic carbocycles. The number of benzene rings is 2. The van der Waals surface area contributed by atoms with Crippen molar-refractivity contribution in [2.75, 3.05) is 6.61 Å². The van der Waals surface area contributed by atoms with E-state index in [4.69, 9.17) is 13.9 Å². The number of hydrogen-bond donors (Lipinski definition) is 4. The Morgan fingerprint density at radius 3 is 2.55 bits per heavy atom. The molecule has 3 heterocycles. The van der Waals surface area contributed by atoms with Gasteiger partial charge in [0.05, 0.1) is 17.7 Å². The van der Waals surface area contributed by atoms with E-state index in [0.29, 0.717) is 16.9 Å². The number of aliphatic hydroxyl groups excluding tert-OH is 1. The monoisotopic (exact) mass is 450 g/mol. The van der Waals surface area contributed by atoms with Gasteiger partial charge in [0.15, 0.2) is 22.5 Å². The lowest BCUT2D eigenvalue weighted by Crippen LogP contribution is -2.41. The molecule has 0 bridgehead atoms. The van der Waals surface area contributed by atoms with Crippen LogP contribution < -0.4 is 14.9 Å². The summed E-state index contributed by atoms with van der Waals surface area (Å²) in [5.41, 5.74) is -0.507. The molecule has 170 valence electrons. The molecule has 2 aromatic carbocycles. The number of phenols is 3. The summed E-state index contributed by atoms with van der Waals surface area (Å²) in [5, 5.41) is 42.0. The molecule has 6 rings (SSSR count). The summed E-state index contributed by atoms with van der Waals surface area (Å²) in [6, 6.07) is 2.55. The molecule has 0 saturated carbocycles.